The highest BCUT2D eigenvalue weighted by Gasteiger charge is 2.61. The van der Waals surface area contributed by atoms with Crippen molar-refractivity contribution >= 4 is 35.0 Å². The maximum Gasteiger partial charge on any atom is 0.238 e. The van der Waals surface area contributed by atoms with Crippen LogP contribution in [0.3, 0.4) is 0 Å². The molecule has 4 aromatic rings. The van der Waals surface area contributed by atoms with E-state index in [1.807, 2.05) is 24.3 Å². The van der Waals surface area contributed by atoms with Gasteiger partial charge in [-0.15, -0.1) is 0 Å². The van der Waals surface area contributed by atoms with Gasteiger partial charge in [0.05, 0.1) is 46.2 Å². The number of hydrogen-bond acceptors (Lipinski definition) is 6. The van der Waals surface area contributed by atoms with Gasteiger partial charge in [0.25, 0.3) is 0 Å². The van der Waals surface area contributed by atoms with Gasteiger partial charge >= 0.3 is 0 Å². The van der Waals surface area contributed by atoms with Crippen LogP contribution in [0.15, 0.2) is 72.8 Å². The van der Waals surface area contributed by atoms with Crippen LogP contribution >= 0.6 is 0 Å². The summed E-state index contributed by atoms with van der Waals surface area (Å²) in [6.45, 7) is 0. The van der Waals surface area contributed by atoms with Gasteiger partial charge in [0, 0.05) is 12.1 Å². The maximum atomic E-state index is 15.6. The van der Waals surface area contributed by atoms with Crippen molar-refractivity contribution in [3.63, 3.8) is 0 Å². The number of anilines is 2. The van der Waals surface area contributed by atoms with Crippen LogP contribution in [0, 0.1) is 93.9 Å². The van der Waals surface area contributed by atoms with Crippen LogP contribution in [0.5, 0.6) is 23.0 Å². The molecule has 2 aliphatic heterocycles. The fourth-order valence-electron chi connectivity index (χ4n) is 9.76. The number of hydrogen-bond donors (Lipinski definition) is 0. The summed E-state index contributed by atoms with van der Waals surface area (Å²) in [6, 6.07) is 9.31. The molecule has 0 radical (unpaired) electrons. The van der Waals surface area contributed by atoms with Crippen LogP contribution in [-0.4, -0.2) is 23.6 Å². The van der Waals surface area contributed by atoms with Crippen molar-refractivity contribution in [2.45, 2.75) is 12.8 Å². The van der Waals surface area contributed by atoms with Gasteiger partial charge in [-0.2, -0.15) is 17.6 Å². The van der Waals surface area contributed by atoms with E-state index < -0.39 is 128 Å². The highest BCUT2D eigenvalue weighted by molar-refractivity contribution is 6.23. The normalized spacial score (nSPS) is 27.4. The minimum atomic E-state index is -2.49. The van der Waals surface area contributed by atoms with E-state index in [0.29, 0.717) is 12.8 Å². The molecule has 0 unspecified atom stereocenters. The molecule has 0 spiro atoms. The molecule has 0 aromatic heterocycles. The van der Waals surface area contributed by atoms with Gasteiger partial charge in [0.2, 0.25) is 58.4 Å². The number of rotatable bonds is 7. The topological polar surface area (TPSA) is 93.2 Å². The quantitative estimate of drug-likeness (QED) is 0.0804. The second-order valence-corrected chi connectivity index (χ2v) is 15.1. The van der Waals surface area contributed by atoms with Crippen LogP contribution in [0.4, 0.5) is 46.5 Å². The summed E-state index contributed by atoms with van der Waals surface area (Å²) < 4.78 is 134. The third-order valence-electron chi connectivity index (χ3n) is 12.2. The third kappa shape index (κ3) is 4.86. The lowest BCUT2D eigenvalue weighted by Crippen LogP contribution is -2.32. The number of ether oxygens (including phenoxy) is 2. The van der Waals surface area contributed by atoms with E-state index >= 15 is 35.1 Å². The van der Waals surface area contributed by atoms with E-state index in [4.69, 9.17) is 9.47 Å². The molecule has 2 heterocycles. The third-order valence-corrected chi connectivity index (χ3v) is 12.2. The van der Waals surface area contributed by atoms with E-state index in [2.05, 4.69) is 0 Å². The predicted molar refractivity (Wildman–Crippen MR) is 185 cm³/mol. The van der Waals surface area contributed by atoms with E-state index in [1.165, 1.54) is 24.3 Å². The number of halogens is 8. The van der Waals surface area contributed by atoms with Crippen molar-refractivity contribution in [3.8, 4) is 34.1 Å². The van der Waals surface area contributed by atoms with E-state index in [-0.39, 0.29) is 35.0 Å². The van der Waals surface area contributed by atoms with Crippen molar-refractivity contribution in [2.75, 3.05) is 9.80 Å². The molecule has 4 aliphatic carbocycles. The average Bonchev–Trinajstić information content (AvgIpc) is 4.08. The van der Waals surface area contributed by atoms with Gasteiger partial charge in [-0.25, -0.2) is 27.4 Å². The van der Waals surface area contributed by atoms with Crippen molar-refractivity contribution in [3.05, 3.63) is 119 Å². The molecule has 10 rings (SSSR count). The lowest BCUT2D eigenvalue weighted by molar-refractivity contribution is -0.124. The lowest BCUT2D eigenvalue weighted by atomic mass is 9.85. The summed E-state index contributed by atoms with van der Waals surface area (Å²) in [7, 11) is 0. The largest absolute Gasteiger partial charge is 0.451 e. The zero-order chi connectivity index (χ0) is 40.6. The van der Waals surface area contributed by atoms with Crippen molar-refractivity contribution in [1.82, 2.24) is 0 Å². The molecule has 8 atom stereocenters. The molecule has 16 heteroatoms. The summed E-state index contributed by atoms with van der Waals surface area (Å²) in [6.07, 6.45) is 8.79. The number of nitrogens with zero attached hydrogens (tertiary/aromatic N) is 2. The smallest absolute Gasteiger partial charge is 0.238 e. The van der Waals surface area contributed by atoms with Gasteiger partial charge in [0.15, 0.2) is 23.3 Å². The van der Waals surface area contributed by atoms with Gasteiger partial charge in [-0.05, 0) is 60.8 Å². The highest BCUT2D eigenvalue weighted by Crippen LogP contribution is 2.55. The molecule has 4 fully saturated rings. The number of fused-ring (bicyclic) bond motifs is 10. The first-order valence-electron chi connectivity index (χ1n) is 18.2. The number of carbonyl (C=O) groups excluding carboxylic acids is 4. The number of carbonyl (C=O) groups is 4. The number of amides is 4. The SMILES string of the molecule is O=C1[C@@H]2[C@@H](C(=O)N1c1cccc(Oc3c(F)c(F)c(-c4c(F)c(F)c(Oc5cccc(N6C(=O)[C@@H]7[C@H](C6=O)[C@H]6C=C[C@H]7C6)c5)c(F)c4F)c(F)c3F)c1)[C@H]1C=C[C@H]2C1. The standard InChI is InChI=1S/C42H24F8N2O6/c43-29-27(30(44)34(48)37(33(29)47)57-21-5-1-3-19(13-21)51-39(53)23-15-7-8-16(11-15)24(23)40(51)54)28-31(45)35(49)38(36(50)32(28)46)58-22-6-2-4-20(14-22)52-41(55)25-17-9-10-18(12-17)26(25)42(52)56/h1-10,13-18,23-26H,11-12H2/t15-,16-,17-,18-,23-,24-,25-,26+/m0/s1. The predicted octanol–water partition coefficient (Wildman–Crippen LogP) is 8.67. The molecule has 4 aromatic carbocycles. The number of allylic oxidation sites excluding steroid dienone is 4. The van der Waals surface area contributed by atoms with Gasteiger partial charge < -0.3 is 9.47 Å². The van der Waals surface area contributed by atoms with Gasteiger partial charge in [-0.1, -0.05) is 36.4 Å². The first-order valence-corrected chi connectivity index (χ1v) is 18.2. The molecular formula is C42H24F8N2O6. The minimum Gasteiger partial charge on any atom is -0.451 e. The summed E-state index contributed by atoms with van der Waals surface area (Å²) in [4.78, 5) is 54.7. The van der Waals surface area contributed by atoms with Gasteiger partial charge in [0.1, 0.15) is 11.5 Å². The summed E-state index contributed by atoms with van der Waals surface area (Å²) in [5.41, 5.74) is -4.43. The van der Waals surface area contributed by atoms with Crippen molar-refractivity contribution in [2.24, 2.45) is 47.3 Å². The molecule has 2 saturated carbocycles. The lowest BCUT2D eigenvalue weighted by Gasteiger charge is -2.19. The first-order chi connectivity index (χ1) is 27.8. The first kappa shape index (κ1) is 36.0. The van der Waals surface area contributed by atoms with E-state index in [9.17, 15) is 19.2 Å². The maximum absolute atomic E-state index is 15.6. The molecule has 4 amide bonds. The van der Waals surface area contributed by atoms with Crippen LogP contribution in [0.25, 0.3) is 11.1 Å². The molecular weight excluding hydrogens is 780 g/mol. The summed E-state index contributed by atoms with van der Waals surface area (Å²) in [5, 5.41) is 0. The molecule has 0 N–H and O–H groups in total. The molecule has 6 aliphatic rings. The molecule has 8 nitrogen and oxygen atoms in total. The number of benzene rings is 4. The molecule has 294 valence electrons. The molecule has 4 bridgehead atoms. The second kappa shape index (κ2) is 12.6. The Morgan fingerprint density at radius 3 is 1.02 bits per heavy atom. The van der Waals surface area contributed by atoms with Crippen molar-refractivity contribution in [1.29, 1.82) is 0 Å². The van der Waals surface area contributed by atoms with E-state index in [0.717, 1.165) is 34.1 Å². The monoisotopic (exact) mass is 804 g/mol. The highest BCUT2D eigenvalue weighted by atomic mass is 19.2. The zero-order valence-corrected chi connectivity index (χ0v) is 29.3. The Hall–Kier alpha value is -6.32. The fourth-order valence-corrected chi connectivity index (χ4v) is 9.76. The van der Waals surface area contributed by atoms with Gasteiger partial charge in [-0.3, -0.25) is 19.2 Å². The zero-order valence-electron chi connectivity index (χ0n) is 29.3. The van der Waals surface area contributed by atoms with Crippen molar-refractivity contribution < 1.29 is 63.8 Å². The summed E-state index contributed by atoms with van der Waals surface area (Å²) in [5.74, 6) is -28.8. The average molecular weight is 805 g/mol. The Labute approximate surface area is 321 Å². The Morgan fingerprint density at radius 1 is 0.431 bits per heavy atom. The van der Waals surface area contributed by atoms with E-state index in [1.54, 1.807) is 0 Å². The Morgan fingerprint density at radius 2 is 0.724 bits per heavy atom. The Kier molecular flexibility index (Phi) is 7.82. The summed E-state index contributed by atoms with van der Waals surface area (Å²) >= 11 is 0. The Bertz CT molecular complexity index is 2350. The molecule has 58 heavy (non-hydrogen) atoms. The Balaban J connectivity index is 0.938. The van der Waals surface area contributed by atoms with Crippen LogP contribution in [0.2, 0.25) is 0 Å². The van der Waals surface area contributed by atoms with Crippen LogP contribution < -0.4 is 19.3 Å². The number of imide groups is 2. The molecule has 2 saturated heterocycles. The fraction of sp³-hybridized carbons (Fsp3) is 0.238. The van der Waals surface area contributed by atoms with Crippen LogP contribution in [0.1, 0.15) is 12.8 Å². The van der Waals surface area contributed by atoms with Crippen LogP contribution in [-0.2, 0) is 19.2 Å². The minimum absolute atomic E-state index is 0.0617. The second-order valence-electron chi connectivity index (χ2n) is 15.1.